The van der Waals surface area contributed by atoms with Crippen LogP contribution in [0.3, 0.4) is 0 Å². The number of ether oxygens (including phenoxy) is 2. The Labute approximate surface area is 362 Å². The molecule has 9 nitrogen and oxygen atoms in total. The quantitative estimate of drug-likeness (QED) is 0.144. The minimum Gasteiger partial charge on any atom is -0.457 e. The summed E-state index contributed by atoms with van der Waals surface area (Å²) < 4.78 is 19.9. The van der Waals surface area contributed by atoms with E-state index < -0.39 is 0 Å². The first-order chi connectivity index (χ1) is 31.0. The smallest absolute Gasteiger partial charge is 0.234 e. The van der Waals surface area contributed by atoms with Crippen LogP contribution in [-0.4, -0.2) is 33.6 Å². The molecule has 302 valence electrons. The van der Waals surface area contributed by atoms with Gasteiger partial charge in [0.2, 0.25) is 5.95 Å². The standard InChI is InChI=1S/C54H39N7O2/c1-34(2)27-35-32-57-54(58-33-35)61-50-30-38(62-36-17-21-42-40-11-3-5-13-46(40)59(48(42)28-36)52-15-7-9-25-55-52)19-23-44(50)45-24-20-39(31-51(45)61)63-37-18-22-43-41-12-4-6-14-47(41)60(49(43)29-37)53-16-8-10-26-56-53/h3-26,28-34H,27H2,1-2H3. The van der Waals surface area contributed by atoms with Crippen molar-refractivity contribution in [3.8, 4) is 40.6 Å². The first kappa shape index (κ1) is 36.5. The first-order valence-electron chi connectivity index (χ1n) is 21.2. The monoisotopic (exact) mass is 817 g/mol. The lowest BCUT2D eigenvalue weighted by atomic mass is 10.1. The topological polar surface area (TPSA) is 84.8 Å². The molecule has 6 aromatic heterocycles. The van der Waals surface area contributed by atoms with Gasteiger partial charge in [0.1, 0.15) is 34.6 Å². The average molecular weight is 818 g/mol. The van der Waals surface area contributed by atoms with Crippen molar-refractivity contribution in [1.29, 1.82) is 0 Å². The fraction of sp³-hybridized carbons (Fsp3) is 0.0741. The van der Waals surface area contributed by atoms with Gasteiger partial charge in [-0.05, 0) is 103 Å². The summed E-state index contributed by atoms with van der Waals surface area (Å²) in [6.45, 7) is 4.41. The Kier molecular flexibility index (Phi) is 8.53. The van der Waals surface area contributed by atoms with Gasteiger partial charge < -0.3 is 9.47 Å². The fourth-order valence-electron chi connectivity index (χ4n) is 9.13. The lowest BCUT2D eigenvalue weighted by Crippen LogP contribution is -2.03. The zero-order valence-electron chi connectivity index (χ0n) is 34.6. The molecule has 0 saturated heterocycles. The highest BCUT2D eigenvalue weighted by Gasteiger charge is 2.19. The van der Waals surface area contributed by atoms with E-state index in [2.05, 4.69) is 125 Å². The number of nitrogens with zero attached hydrogens (tertiary/aromatic N) is 7. The summed E-state index contributed by atoms with van der Waals surface area (Å²) in [4.78, 5) is 19.3. The predicted octanol–water partition coefficient (Wildman–Crippen LogP) is 13.3. The fourth-order valence-corrected chi connectivity index (χ4v) is 9.13. The van der Waals surface area contributed by atoms with Gasteiger partial charge in [-0.3, -0.25) is 13.7 Å². The molecule has 63 heavy (non-hydrogen) atoms. The number of benzene rings is 6. The SMILES string of the molecule is CC(C)Cc1cnc(-n2c3cc(Oc4ccc5c6ccccc6n(-c6ccccn6)c5c4)ccc3c3ccc(Oc4ccc5c6ccccc6n(-c6ccccn6)c5c4)cc32)nc1. The van der Waals surface area contributed by atoms with E-state index >= 15 is 0 Å². The van der Waals surface area contributed by atoms with Crippen molar-refractivity contribution in [3.05, 3.63) is 188 Å². The maximum atomic E-state index is 6.71. The van der Waals surface area contributed by atoms with Gasteiger partial charge in [-0.1, -0.05) is 62.4 Å². The van der Waals surface area contributed by atoms with Crippen molar-refractivity contribution >= 4 is 65.4 Å². The summed E-state index contributed by atoms with van der Waals surface area (Å²) >= 11 is 0. The van der Waals surface area contributed by atoms with Crippen molar-refractivity contribution in [2.45, 2.75) is 20.3 Å². The maximum Gasteiger partial charge on any atom is 0.234 e. The molecule has 0 N–H and O–H groups in total. The van der Waals surface area contributed by atoms with Crippen LogP contribution < -0.4 is 9.47 Å². The molecule has 12 rings (SSSR count). The molecule has 0 spiro atoms. The van der Waals surface area contributed by atoms with Crippen molar-refractivity contribution < 1.29 is 9.47 Å². The largest absolute Gasteiger partial charge is 0.457 e. The third-order valence-corrected chi connectivity index (χ3v) is 11.8. The van der Waals surface area contributed by atoms with Gasteiger partial charge in [-0.15, -0.1) is 0 Å². The molecule has 0 bridgehead atoms. The highest BCUT2D eigenvalue weighted by molar-refractivity contribution is 6.11. The maximum absolute atomic E-state index is 6.71. The Morgan fingerprint density at radius 1 is 0.397 bits per heavy atom. The number of fused-ring (bicyclic) bond motifs is 9. The van der Waals surface area contributed by atoms with E-state index in [0.717, 1.165) is 89.0 Å². The van der Waals surface area contributed by atoms with Crippen molar-refractivity contribution in [3.63, 3.8) is 0 Å². The zero-order chi connectivity index (χ0) is 42.0. The van der Waals surface area contributed by atoms with Crippen LogP contribution in [0.2, 0.25) is 0 Å². The number of aromatic nitrogens is 7. The zero-order valence-corrected chi connectivity index (χ0v) is 34.6. The third-order valence-electron chi connectivity index (χ3n) is 11.8. The molecule has 0 saturated carbocycles. The molecule has 0 amide bonds. The lowest BCUT2D eigenvalue weighted by molar-refractivity contribution is 0.484. The van der Waals surface area contributed by atoms with E-state index in [9.17, 15) is 0 Å². The van der Waals surface area contributed by atoms with Gasteiger partial charge in [0.05, 0.1) is 33.1 Å². The number of hydrogen-bond acceptors (Lipinski definition) is 6. The molecular weight excluding hydrogens is 779 g/mol. The number of pyridine rings is 2. The summed E-state index contributed by atoms with van der Waals surface area (Å²) in [5, 5.41) is 6.67. The van der Waals surface area contributed by atoms with Gasteiger partial charge in [0.15, 0.2) is 0 Å². The first-order valence-corrected chi connectivity index (χ1v) is 21.2. The molecule has 12 aromatic rings. The van der Waals surface area contributed by atoms with Crippen LogP contribution in [0.25, 0.3) is 83.0 Å². The van der Waals surface area contributed by atoms with E-state index in [1.54, 1.807) is 0 Å². The Morgan fingerprint density at radius 2 is 0.778 bits per heavy atom. The molecule has 6 heterocycles. The van der Waals surface area contributed by atoms with Gasteiger partial charge in [0.25, 0.3) is 0 Å². The molecule has 0 unspecified atom stereocenters. The second-order valence-electron chi connectivity index (χ2n) is 16.3. The Bertz CT molecular complexity index is 3470. The summed E-state index contributed by atoms with van der Waals surface area (Å²) in [6.07, 6.45) is 8.42. The molecular formula is C54H39N7O2. The Morgan fingerprint density at radius 3 is 1.17 bits per heavy atom. The van der Waals surface area contributed by atoms with E-state index in [-0.39, 0.29) is 0 Å². The van der Waals surface area contributed by atoms with E-state index in [1.807, 2.05) is 85.5 Å². The van der Waals surface area contributed by atoms with Crippen LogP contribution in [-0.2, 0) is 6.42 Å². The summed E-state index contributed by atoms with van der Waals surface area (Å²) in [5.41, 5.74) is 7.14. The number of rotatable bonds is 9. The molecule has 0 aliphatic rings. The number of para-hydroxylation sites is 2. The third kappa shape index (κ3) is 6.24. The van der Waals surface area contributed by atoms with Crippen LogP contribution in [0.4, 0.5) is 0 Å². The molecule has 0 radical (unpaired) electrons. The minimum absolute atomic E-state index is 0.487. The minimum atomic E-state index is 0.487. The van der Waals surface area contributed by atoms with Crippen LogP contribution >= 0.6 is 0 Å². The van der Waals surface area contributed by atoms with E-state index in [1.165, 1.54) is 0 Å². The van der Waals surface area contributed by atoms with Crippen LogP contribution in [0.1, 0.15) is 19.4 Å². The van der Waals surface area contributed by atoms with Crippen LogP contribution in [0, 0.1) is 5.92 Å². The Balaban J connectivity index is 0.965. The summed E-state index contributed by atoms with van der Waals surface area (Å²) in [7, 11) is 0. The van der Waals surface area contributed by atoms with Crippen molar-refractivity contribution in [1.82, 2.24) is 33.6 Å². The normalized spacial score (nSPS) is 11.9. The van der Waals surface area contributed by atoms with Crippen molar-refractivity contribution in [2.24, 2.45) is 5.92 Å². The van der Waals surface area contributed by atoms with Gasteiger partial charge in [-0.2, -0.15) is 0 Å². The van der Waals surface area contributed by atoms with E-state index in [4.69, 9.17) is 29.4 Å². The van der Waals surface area contributed by atoms with Crippen LogP contribution in [0.15, 0.2) is 183 Å². The number of hydrogen-bond donors (Lipinski definition) is 0. The Hall–Kier alpha value is -8.30. The van der Waals surface area contributed by atoms with Gasteiger partial charge in [0, 0.05) is 81.4 Å². The molecule has 9 heteroatoms. The van der Waals surface area contributed by atoms with Crippen LogP contribution in [0.5, 0.6) is 23.0 Å². The summed E-state index contributed by atoms with van der Waals surface area (Å²) in [5.74, 6) is 5.57. The second kappa shape index (κ2) is 14.7. The highest BCUT2D eigenvalue weighted by Crippen LogP contribution is 2.40. The summed E-state index contributed by atoms with van der Waals surface area (Å²) in [6, 6.07) is 53.7. The molecule has 6 aromatic carbocycles. The molecule has 0 aliphatic heterocycles. The second-order valence-corrected chi connectivity index (χ2v) is 16.3. The van der Waals surface area contributed by atoms with Crippen molar-refractivity contribution in [2.75, 3.05) is 0 Å². The molecule has 0 aliphatic carbocycles. The highest BCUT2D eigenvalue weighted by atomic mass is 16.5. The average Bonchev–Trinajstić information content (AvgIpc) is 3.94. The van der Waals surface area contributed by atoms with Gasteiger partial charge in [-0.25, -0.2) is 19.9 Å². The lowest BCUT2D eigenvalue weighted by Gasteiger charge is -2.11. The van der Waals surface area contributed by atoms with E-state index in [0.29, 0.717) is 34.9 Å². The van der Waals surface area contributed by atoms with Gasteiger partial charge >= 0.3 is 0 Å². The molecule has 0 atom stereocenters. The predicted molar refractivity (Wildman–Crippen MR) is 252 cm³/mol. The molecule has 0 fully saturated rings.